The molecular weight excluding hydrogens is 208 g/mol. The van der Waals surface area contributed by atoms with Crippen molar-refractivity contribution in [3.05, 3.63) is 34.3 Å². The van der Waals surface area contributed by atoms with E-state index in [1.807, 2.05) is 36.4 Å². The van der Waals surface area contributed by atoms with Gasteiger partial charge in [0, 0.05) is 30.9 Å². The molecule has 0 saturated carbocycles. The van der Waals surface area contributed by atoms with Gasteiger partial charge in [0.15, 0.2) is 0 Å². The second-order valence-electron chi connectivity index (χ2n) is 3.42. The minimum Gasteiger partial charge on any atom is -0.337 e. The second-order valence-corrected chi connectivity index (χ2v) is 4.36. The van der Waals surface area contributed by atoms with Gasteiger partial charge in [-0.2, -0.15) is 0 Å². The molecule has 0 saturated heterocycles. The Morgan fingerprint density at radius 2 is 2.27 bits per heavy atom. The molecule has 0 amide bonds. The van der Waals surface area contributed by atoms with Gasteiger partial charge in [0.05, 0.1) is 17.7 Å². The standard InChI is InChI=1S/C10H14N4S/c1-8-9(15-7-13-8)5-11-6-10-12-3-4-14(10)2/h3-4,7,11H,5-6H2,1-2H3. The van der Waals surface area contributed by atoms with Crippen LogP contribution in [0.4, 0.5) is 0 Å². The molecule has 0 fully saturated rings. The Kier molecular flexibility index (Phi) is 3.13. The van der Waals surface area contributed by atoms with Gasteiger partial charge in [0.2, 0.25) is 0 Å². The normalized spacial score (nSPS) is 10.8. The molecule has 2 aromatic rings. The molecule has 5 heteroatoms. The molecular formula is C10H14N4S. The van der Waals surface area contributed by atoms with Gasteiger partial charge in [-0.1, -0.05) is 0 Å². The monoisotopic (exact) mass is 222 g/mol. The minimum absolute atomic E-state index is 0.792. The van der Waals surface area contributed by atoms with Crippen molar-refractivity contribution >= 4 is 11.3 Å². The molecule has 1 N–H and O–H groups in total. The summed E-state index contributed by atoms with van der Waals surface area (Å²) < 4.78 is 2.02. The van der Waals surface area contributed by atoms with Gasteiger partial charge in [0.1, 0.15) is 5.82 Å². The third kappa shape index (κ3) is 2.43. The van der Waals surface area contributed by atoms with Crippen molar-refractivity contribution < 1.29 is 0 Å². The maximum absolute atomic E-state index is 4.25. The van der Waals surface area contributed by atoms with Crippen LogP contribution in [-0.4, -0.2) is 14.5 Å². The second kappa shape index (κ2) is 4.55. The van der Waals surface area contributed by atoms with E-state index in [-0.39, 0.29) is 0 Å². The van der Waals surface area contributed by atoms with E-state index in [0.29, 0.717) is 0 Å². The van der Waals surface area contributed by atoms with Gasteiger partial charge in [-0.3, -0.25) is 0 Å². The predicted molar refractivity (Wildman–Crippen MR) is 60.6 cm³/mol. The van der Waals surface area contributed by atoms with Crippen LogP contribution in [0.5, 0.6) is 0 Å². The molecule has 2 aromatic heterocycles. The zero-order valence-electron chi connectivity index (χ0n) is 8.90. The van der Waals surface area contributed by atoms with E-state index in [0.717, 1.165) is 24.6 Å². The Bertz CT molecular complexity index is 392. The Morgan fingerprint density at radius 1 is 1.40 bits per heavy atom. The fourth-order valence-corrected chi connectivity index (χ4v) is 2.10. The lowest BCUT2D eigenvalue weighted by atomic mass is 10.4. The summed E-state index contributed by atoms with van der Waals surface area (Å²) in [6.07, 6.45) is 3.77. The summed E-state index contributed by atoms with van der Waals surface area (Å²) in [5.41, 5.74) is 3.00. The van der Waals surface area contributed by atoms with Gasteiger partial charge in [-0.25, -0.2) is 9.97 Å². The van der Waals surface area contributed by atoms with Crippen LogP contribution in [0.2, 0.25) is 0 Å². The summed E-state index contributed by atoms with van der Waals surface area (Å²) in [4.78, 5) is 9.75. The molecule has 0 spiro atoms. The van der Waals surface area contributed by atoms with E-state index in [4.69, 9.17) is 0 Å². The van der Waals surface area contributed by atoms with Crippen molar-refractivity contribution in [1.82, 2.24) is 19.9 Å². The summed E-state index contributed by atoms with van der Waals surface area (Å²) in [6, 6.07) is 0. The van der Waals surface area contributed by atoms with E-state index in [2.05, 4.69) is 15.3 Å². The highest BCUT2D eigenvalue weighted by Crippen LogP contribution is 2.11. The average molecular weight is 222 g/mol. The molecule has 0 bridgehead atoms. The molecule has 4 nitrogen and oxygen atoms in total. The Morgan fingerprint density at radius 3 is 2.87 bits per heavy atom. The lowest BCUT2D eigenvalue weighted by molar-refractivity contribution is 0.641. The maximum atomic E-state index is 4.25. The van der Waals surface area contributed by atoms with Crippen LogP contribution in [0.15, 0.2) is 17.9 Å². The van der Waals surface area contributed by atoms with Gasteiger partial charge >= 0.3 is 0 Å². The summed E-state index contributed by atoms with van der Waals surface area (Å²) in [6.45, 7) is 3.69. The lowest BCUT2D eigenvalue weighted by Gasteiger charge is -2.03. The predicted octanol–water partition coefficient (Wildman–Crippen LogP) is 1.47. The molecule has 2 heterocycles. The molecule has 0 unspecified atom stereocenters. The Hall–Kier alpha value is -1.20. The molecule has 0 radical (unpaired) electrons. The van der Waals surface area contributed by atoms with Crippen LogP contribution in [0, 0.1) is 6.92 Å². The lowest BCUT2D eigenvalue weighted by Crippen LogP contribution is -2.15. The molecule has 0 atom stereocenters. The van der Waals surface area contributed by atoms with Crippen molar-refractivity contribution in [3.63, 3.8) is 0 Å². The van der Waals surface area contributed by atoms with Crippen molar-refractivity contribution in [1.29, 1.82) is 0 Å². The molecule has 0 aromatic carbocycles. The number of hydrogen-bond acceptors (Lipinski definition) is 4. The number of aromatic nitrogens is 3. The summed E-state index contributed by atoms with van der Waals surface area (Å²) in [5, 5.41) is 3.36. The summed E-state index contributed by atoms with van der Waals surface area (Å²) in [7, 11) is 2.00. The number of imidazole rings is 1. The fourth-order valence-electron chi connectivity index (χ4n) is 1.35. The first-order valence-corrected chi connectivity index (χ1v) is 5.71. The number of rotatable bonds is 4. The largest absolute Gasteiger partial charge is 0.337 e. The van der Waals surface area contributed by atoms with Crippen molar-refractivity contribution in [2.75, 3.05) is 0 Å². The highest BCUT2D eigenvalue weighted by molar-refractivity contribution is 7.09. The van der Waals surface area contributed by atoms with Gasteiger partial charge in [0.25, 0.3) is 0 Å². The van der Waals surface area contributed by atoms with Gasteiger partial charge in [-0.05, 0) is 6.92 Å². The first-order valence-electron chi connectivity index (χ1n) is 4.83. The molecule has 15 heavy (non-hydrogen) atoms. The molecule has 0 aliphatic carbocycles. The third-order valence-corrected chi connectivity index (χ3v) is 3.27. The highest BCUT2D eigenvalue weighted by Gasteiger charge is 2.02. The minimum atomic E-state index is 0.792. The van der Waals surface area contributed by atoms with E-state index >= 15 is 0 Å². The van der Waals surface area contributed by atoms with Crippen LogP contribution >= 0.6 is 11.3 Å². The third-order valence-electron chi connectivity index (χ3n) is 2.33. The first kappa shape index (κ1) is 10.3. The van der Waals surface area contributed by atoms with Crippen molar-refractivity contribution in [3.8, 4) is 0 Å². The molecule has 0 aliphatic heterocycles. The topological polar surface area (TPSA) is 42.7 Å². The van der Waals surface area contributed by atoms with Crippen molar-refractivity contribution in [2.24, 2.45) is 7.05 Å². The summed E-state index contributed by atoms with van der Waals surface area (Å²) >= 11 is 1.69. The van der Waals surface area contributed by atoms with E-state index in [1.165, 1.54) is 4.88 Å². The molecule has 80 valence electrons. The maximum Gasteiger partial charge on any atom is 0.122 e. The van der Waals surface area contributed by atoms with E-state index in [1.54, 1.807) is 11.3 Å². The molecule has 0 aliphatic rings. The number of nitrogens with zero attached hydrogens (tertiary/aromatic N) is 3. The van der Waals surface area contributed by atoms with E-state index < -0.39 is 0 Å². The van der Waals surface area contributed by atoms with Gasteiger partial charge < -0.3 is 9.88 Å². The zero-order valence-corrected chi connectivity index (χ0v) is 9.71. The fraction of sp³-hybridized carbons (Fsp3) is 0.400. The smallest absolute Gasteiger partial charge is 0.122 e. The number of nitrogens with one attached hydrogen (secondary N) is 1. The first-order chi connectivity index (χ1) is 7.27. The summed E-state index contributed by atoms with van der Waals surface area (Å²) in [5.74, 6) is 1.05. The van der Waals surface area contributed by atoms with Crippen LogP contribution in [-0.2, 0) is 20.1 Å². The SMILES string of the molecule is Cc1ncsc1CNCc1nccn1C. The van der Waals surface area contributed by atoms with Crippen LogP contribution in [0.3, 0.4) is 0 Å². The van der Waals surface area contributed by atoms with Crippen molar-refractivity contribution in [2.45, 2.75) is 20.0 Å². The van der Waals surface area contributed by atoms with E-state index in [9.17, 15) is 0 Å². The Labute approximate surface area is 93.0 Å². The molecule has 2 rings (SSSR count). The van der Waals surface area contributed by atoms with Crippen LogP contribution < -0.4 is 5.32 Å². The van der Waals surface area contributed by atoms with Gasteiger partial charge in [-0.15, -0.1) is 11.3 Å². The Balaban J connectivity index is 1.86. The van der Waals surface area contributed by atoms with Crippen LogP contribution in [0.25, 0.3) is 0 Å². The quantitative estimate of drug-likeness (QED) is 0.852. The zero-order chi connectivity index (χ0) is 10.7. The number of hydrogen-bond donors (Lipinski definition) is 1. The number of thiazole rings is 1. The highest BCUT2D eigenvalue weighted by atomic mass is 32.1. The average Bonchev–Trinajstić information content (AvgIpc) is 2.78. The van der Waals surface area contributed by atoms with Crippen LogP contribution in [0.1, 0.15) is 16.4 Å². The number of aryl methyl sites for hydroxylation is 2.